The van der Waals surface area contributed by atoms with Crippen molar-refractivity contribution >= 4 is 27.6 Å². The first kappa shape index (κ1) is 15.3. The second-order valence-corrected chi connectivity index (χ2v) is 6.65. The first-order valence-electron chi connectivity index (χ1n) is 6.77. The van der Waals surface area contributed by atoms with Crippen molar-refractivity contribution in [3.8, 4) is 0 Å². The molecule has 0 aliphatic heterocycles. The van der Waals surface area contributed by atoms with Gasteiger partial charge in [0.15, 0.2) is 0 Å². The summed E-state index contributed by atoms with van der Waals surface area (Å²) in [6, 6.07) is 5.41. The minimum atomic E-state index is -0.908. The second-order valence-electron chi connectivity index (χ2n) is 5.80. The van der Waals surface area contributed by atoms with Crippen molar-refractivity contribution in [2.75, 3.05) is 32.6 Å². The molecular formula is C15H21BrN2O2. The van der Waals surface area contributed by atoms with Crippen LogP contribution in [0, 0.1) is 0 Å². The van der Waals surface area contributed by atoms with Gasteiger partial charge in [-0.2, -0.15) is 0 Å². The van der Waals surface area contributed by atoms with Gasteiger partial charge in [-0.05, 0) is 67.5 Å². The number of benzene rings is 1. The fourth-order valence-electron chi connectivity index (χ4n) is 2.78. The molecule has 0 saturated heterocycles. The number of aromatic carboxylic acids is 1. The van der Waals surface area contributed by atoms with Crippen LogP contribution in [0.15, 0.2) is 22.7 Å². The average molecular weight is 341 g/mol. The maximum absolute atomic E-state index is 11.0. The summed E-state index contributed by atoms with van der Waals surface area (Å²) in [6.45, 7) is 0.957. The molecule has 110 valence electrons. The lowest BCUT2D eigenvalue weighted by atomic mass is 9.75. The highest BCUT2D eigenvalue weighted by atomic mass is 79.9. The summed E-state index contributed by atoms with van der Waals surface area (Å²) < 4.78 is 0.627. The largest absolute Gasteiger partial charge is 0.478 e. The molecule has 1 N–H and O–H groups in total. The Bertz CT molecular complexity index is 513. The SMILES string of the molecule is CN(CC1(N(C)C)CCC1)c1ccc(C(=O)O)c(Br)c1. The molecule has 1 saturated carbocycles. The molecule has 2 rings (SSSR count). The number of nitrogens with zero attached hydrogens (tertiary/aromatic N) is 2. The van der Waals surface area contributed by atoms with Crippen LogP contribution >= 0.6 is 15.9 Å². The molecule has 4 nitrogen and oxygen atoms in total. The van der Waals surface area contributed by atoms with E-state index in [0.717, 1.165) is 12.2 Å². The Kier molecular flexibility index (Phi) is 4.39. The second kappa shape index (κ2) is 5.74. The van der Waals surface area contributed by atoms with Gasteiger partial charge in [0.25, 0.3) is 0 Å². The van der Waals surface area contributed by atoms with E-state index in [4.69, 9.17) is 5.11 Å². The van der Waals surface area contributed by atoms with Gasteiger partial charge in [-0.15, -0.1) is 0 Å². The normalized spacial score (nSPS) is 16.9. The summed E-state index contributed by atoms with van der Waals surface area (Å²) in [5.74, 6) is -0.908. The lowest BCUT2D eigenvalue weighted by Crippen LogP contribution is -2.56. The quantitative estimate of drug-likeness (QED) is 0.894. The van der Waals surface area contributed by atoms with Crippen molar-refractivity contribution in [1.29, 1.82) is 0 Å². The van der Waals surface area contributed by atoms with E-state index in [1.807, 2.05) is 12.1 Å². The molecule has 0 atom stereocenters. The third kappa shape index (κ3) is 2.83. The molecule has 1 aromatic carbocycles. The molecule has 0 radical (unpaired) electrons. The van der Waals surface area contributed by atoms with E-state index in [2.05, 4.69) is 46.9 Å². The Morgan fingerprint density at radius 1 is 1.35 bits per heavy atom. The van der Waals surface area contributed by atoms with Crippen LogP contribution in [0.3, 0.4) is 0 Å². The van der Waals surface area contributed by atoms with Gasteiger partial charge >= 0.3 is 5.97 Å². The van der Waals surface area contributed by atoms with Gasteiger partial charge < -0.3 is 14.9 Å². The highest BCUT2D eigenvalue weighted by molar-refractivity contribution is 9.10. The molecule has 0 amide bonds. The van der Waals surface area contributed by atoms with Gasteiger partial charge in [-0.1, -0.05) is 0 Å². The van der Waals surface area contributed by atoms with Crippen molar-refractivity contribution < 1.29 is 9.90 Å². The van der Waals surface area contributed by atoms with Crippen LogP contribution in [-0.2, 0) is 0 Å². The fraction of sp³-hybridized carbons (Fsp3) is 0.533. The zero-order valence-corrected chi connectivity index (χ0v) is 13.8. The maximum Gasteiger partial charge on any atom is 0.336 e. The first-order valence-corrected chi connectivity index (χ1v) is 7.56. The predicted octanol–water partition coefficient (Wildman–Crippen LogP) is 3.07. The van der Waals surface area contributed by atoms with Crippen LogP contribution in [-0.4, -0.2) is 49.2 Å². The molecule has 1 aromatic rings. The Hall–Kier alpha value is -1.07. The third-order valence-corrected chi connectivity index (χ3v) is 5.04. The average Bonchev–Trinajstić information content (AvgIpc) is 2.32. The zero-order valence-electron chi connectivity index (χ0n) is 12.2. The lowest BCUT2D eigenvalue weighted by Gasteiger charge is -2.49. The van der Waals surface area contributed by atoms with Crippen LogP contribution in [0.5, 0.6) is 0 Å². The molecular weight excluding hydrogens is 320 g/mol. The molecule has 0 bridgehead atoms. The number of likely N-dealkylation sites (N-methyl/N-ethyl adjacent to an activating group) is 2. The molecule has 1 aliphatic carbocycles. The van der Waals surface area contributed by atoms with Gasteiger partial charge in [-0.25, -0.2) is 4.79 Å². The van der Waals surface area contributed by atoms with Crippen molar-refractivity contribution in [3.05, 3.63) is 28.2 Å². The summed E-state index contributed by atoms with van der Waals surface area (Å²) in [5, 5.41) is 9.05. The summed E-state index contributed by atoms with van der Waals surface area (Å²) in [7, 11) is 6.33. The summed E-state index contributed by atoms with van der Waals surface area (Å²) in [6.07, 6.45) is 3.73. The molecule has 0 spiro atoms. The Balaban J connectivity index is 2.15. The molecule has 1 aliphatic rings. The number of carbonyl (C=O) groups is 1. The first-order chi connectivity index (χ1) is 9.35. The van der Waals surface area contributed by atoms with E-state index >= 15 is 0 Å². The van der Waals surface area contributed by atoms with Crippen LogP contribution in [0.4, 0.5) is 5.69 Å². The molecule has 0 heterocycles. The highest BCUT2D eigenvalue weighted by Gasteiger charge is 2.39. The highest BCUT2D eigenvalue weighted by Crippen LogP contribution is 2.37. The van der Waals surface area contributed by atoms with Gasteiger partial charge in [0.1, 0.15) is 0 Å². The number of carboxylic acids is 1. The third-order valence-electron chi connectivity index (χ3n) is 4.39. The molecule has 1 fully saturated rings. The Labute approximate surface area is 128 Å². The van der Waals surface area contributed by atoms with E-state index < -0.39 is 5.97 Å². The van der Waals surface area contributed by atoms with Crippen LogP contribution < -0.4 is 4.90 Å². The van der Waals surface area contributed by atoms with Gasteiger partial charge in [-0.3, -0.25) is 0 Å². The van der Waals surface area contributed by atoms with E-state index in [-0.39, 0.29) is 5.54 Å². The van der Waals surface area contributed by atoms with E-state index in [9.17, 15) is 4.79 Å². The number of carboxylic acid groups (broad SMARTS) is 1. The number of halogens is 1. The topological polar surface area (TPSA) is 43.8 Å². The molecule has 20 heavy (non-hydrogen) atoms. The van der Waals surface area contributed by atoms with Gasteiger partial charge in [0.2, 0.25) is 0 Å². The lowest BCUT2D eigenvalue weighted by molar-refractivity contribution is 0.0682. The van der Waals surface area contributed by atoms with Crippen LogP contribution in [0.1, 0.15) is 29.6 Å². The van der Waals surface area contributed by atoms with Crippen molar-refractivity contribution in [2.24, 2.45) is 0 Å². The fourth-order valence-corrected chi connectivity index (χ4v) is 3.32. The summed E-state index contributed by atoms with van der Waals surface area (Å²) in [4.78, 5) is 15.5. The maximum atomic E-state index is 11.0. The van der Waals surface area contributed by atoms with E-state index in [1.54, 1.807) is 6.07 Å². The Morgan fingerprint density at radius 2 is 2.00 bits per heavy atom. The minimum absolute atomic E-state index is 0.257. The number of rotatable bonds is 5. The van der Waals surface area contributed by atoms with Crippen molar-refractivity contribution in [2.45, 2.75) is 24.8 Å². The van der Waals surface area contributed by atoms with Crippen molar-refractivity contribution in [3.63, 3.8) is 0 Å². The smallest absolute Gasteiger partial charge is 0.336 e. The summed E-state index contributed by atoms with van der Waals surface area (Å²) in [5.41, 5.74) is 1.59. The van der Waals surface area contributed by atoms with Crippen LogP contribution in [0.2, 0.25) is 0 Å². The Morgan fingerprint density at radius 3 is 2.40 bits per heavy atom. The number of anilines is 1. The standard InChI is InChI=1S/C15H21BrN2O2/c1-17(2)15(7-4-8-15)10-18(3)11-5-6-12(14(19)20)13(16)9-11/h5-6,9H,4,7-8,10H2,1-3H3,(H,19,20). The van der Waals surface area contributed by atoms with Crippen LogP contribution in [0.25, 0.3) is 0 Å². The van der Waals surface area contributed by atoms with Crippen molar-refractivity contribution in [1.82, 2.24) is 4.90 Å². The van der Waals surface area contributed by atoms with Gasteiger partial charge in [0.05, 0.1) is 5.56 Å². The summed E-state index contributed by atoms with van der Waals surface area (Å²) >= 11 is 3.34. The molecule has 5 heteroatoms. The molecule has 0 unspecified atom stereocenters. The molecule has 0 aromatic heterocycles. The predicted molar refractivity (Wildman–Crippen MR) is 84.6 cm³/mol. The number of hydrogen-bond donors (Lipinski definition) is 1. The van der Waals surface area contributed by atoms with E-state index in [0.29, 0.717) is 10.0 Å². The van der Waals surface area contributed by atoms with Gasteiger partial charge in [0, 0.05) is 29.3 Å². The zero-order chi connectivity index (χ0) is 14.9. The number of hydrogen-bond acceptors (Lipinski definition) is 3. The monoisotopic (exact) mass is 340 g/mol. The minimum Gasteiger partial charge on any atom is -0.478 e. The van der Waals surface area contributed by atoms with E-state index in [1.165, 1.54) is 19.3 Å².